The molecule has 6 nitrogen and oxygen atoms in total. The van der Waals surface area contributed by atoms with Crippen molar-refractivity contribution in [2.45, 2.75) is 53.2 Å². The maximum absolute atomic E-state index is 13.5. The lowest BCUT2D eigenvalue weighted by molar-refractivity contribution is -0.132. The highest BCUT2D eigenvalue weighted by Crippen LogP contribution is 2.44. The molecule has 1 saturated heterocycles. The Morgan fingerprint density at radius 1 is 1.08 bits per heavy atom. The van der Waals surface area contributed by atoms with Crippen molar-refractivity contribution >= 4 is 44.1 Å². The van der Waals surface area contributed by atoms with Crippen molar-refractivity contribution in [3.8, 4) is 5.75 Å². The van der Waals surface area contributed by atoms with Gasteiger partial charge >= 0.3 is 5.91 Å². The molecule has 7 heteroatoms. The van der Waals surface area contributed by atoms with Crippen LogP contribution in [0.3, 0.4) is 0 Å². The van der Waals surface area contributed by atoms with Crippen LogP contribution in [0.15, 0.2) is 66.2 Å². The number of aliphatic hydroxyl groups excluding tert-OH is 1. The molecule has 5 rings (SSSR count). The minimum atomic E-state index is -0.812. The molecule has 0 radical (unpaired) electrons. The Balaban J connectivity index is 1.68. The summed E-state index contributed by atoms with van der Waals surface area (Å²) < 4.78 is 6.78. The van der Waals surface area contributed by atoms with E-state index in [0.717, 1.165) is 33.3 Å². The number of amides is 1. The van der Waals surface area contributed by atoms with Crippen LogP contribution in [0, 0.1) is 13.8 Å². The Bertz CT molecular complexity index is 1600. The topological polar surface area (TPSA) is 79.7 Å². The fraction of sp³-hybridized carbons (Fsp3) is 0.258. The van der Waals surface area contributed by atoms with Crippen LogP contribution in [0.5, 0.6) is 5.75 Å². The first-order valence-corrected chi connectivity index (χ1v) is 13.5. The molecular formula is C31H30N2O4S. The number of nitrogens with zero attached hydrogens (tertiary/aromatic N) is 2. The maximum atomic E-state index is 13.5. The van der Waals surface area contributed by atoms with Crippen molar-refractivity contribution in [1.82, 2.24) is 4.98 Å². The highest BCUT2D eigenvalue weighted by atomic mass is 32.1. The second-order valence-electron chi connectivity index (χ2n) is 9.88. The monoisotopic (exact) mass is 526 g/mol. The third-order valence-corrected chi connectivity index (χ3v) is 7.69. The summed E-state index contributed by atoms with van der Waals surface area (Å²) in [4.78, 5) is 33.2. The molecular weight excluding hydrogens is 496 g/mol. The van der Waals surface area contributed by atoms with Gasteiger partial charge in [-0.1, -0.05) is 54.2 Å². The fourth-order valence-electron chi connectivity index (χ4n) is 4.80. The molecule has 1 N–H and O–H groups in total. The molecule has 1 amide bonds. The number of rotatable bonds is 6. The number of carbonyl (C=O) groups is 2. The highest BCUT2D eigenvalue weighted by Gasteiger charge is 2.48. The lowest BCUT2D eigenvalue weighted by Crippen LogP contribution is -2.29. The summed E-state index contributed by atoms with van der Waals surface area (Å²) in [7, 11) is 0. The quantitative estimate of drug-likeness (QED) is 0.168. The van der Waals surface area contributed by atoms with Crippen molar-refractivity contribution in [2.75, 3.05) is 4.90 Å². The van der Waals surface area contributed by atoms with Crippen LogP contribution in [0.4, 0.5) is 5.13 Å². The number of thiazole rings is 1. The van der Waals surface area contributed by atoms with Gasteiger partial charge in [-0.2, -0.15) is 0 Å². The summed E-state index contributed by atoms with van der Waals surface area (Å²) >= 11 is 1.37. The second-order valence-corrected chi connectivity index (χ2v) is 10.9. The number of benzene rings is 3. The van der Waals surface area contributed by atoms with Gasteiger partial charge in [0.05, 0.1) is 27.9 Å². The molecule has 4 aromatic rings. The zero-order chi connectivity index (χ0) is 27.1. The van der Waals surface area contributed by atoms with Crippen molar-refractivity contribution in [2.24, 2.45) is 0 Å². The number of ketones is 1. The van der Waals surface area contributed by atoms with Gasteiger partial charge in [-0.15, -0.1) is 0 Å². The average Bonchev–Trinajstić information content (AvgIpc) is 3.42. The van der Waals surface area contributed by atoms with Gasteiger partial charge in [0.2, 0.25) is 0 Å². The SMILES string of the molecule is CCc1ccc2nc(N3C(=O)C(=O)/C(=C(/O)c4ccc(OC(C)C)c(C)c4)C3c3cccc(C)c3)sc2c1. The maximum Gasteiger partial charge on any atom is 0.301 e. The molecule has 1 atom stereocenters. The van der Waals surface area contributed by atoms with E-state index in [4.69, 9.17) is 9.72 Å². The van der Waals surface area contributed by atoms with Gasteiger partial charge < -0.3 is 9.84 Å². The number of ether oxygens (including phenoxy) is 1. The van der Waals surface area contributed by atoms with Gasteiger partial charge in [-0.25, -0.2) is 4.98 Å². The summed E-state index contributed by atoms with van der Waals surface area (Å²) in [6.45, 7) is 9.82. The first-order chi connectivity index (χ1) is 18.2. The van der Waals surface area contributed by atoms with Gasteiger partial charge in [-0.3, -0.25) is 14.5 Å². The van der Waals surface area contributed by atoms with Crippen molar-refractivity contribution in [1.29, 1.82) is 0 Å². The molecule has 0 saturated carbocycles. The summed E-state index contributed by atoms with van der Waals surface area (Å²) in [5.74, 6) is -0.953. The summed E-state index contributed by atoms with van der Waals surface area (Å²) in [5, 5.41) is 11.9. The lowest BCUT2D eigenvalue weighted by atomic mass is 9.94. The van der Waals surface area contributed by atoms with E-state index in [1.54, 1.807) is 18.2 Å². The number of aliphatic hydroxyl groups is 1. The van der Waals surface area contributed by atoms with Crippen LogP contribution in [-0.4, -0.2) is 27.9 Å². The van der Waals surface area contributed by atoms with Crippen molar-refractivity contribution in [3.05, 3.63) is 94.1 Å². The smallest absolute Gasteiger partial charge is 0.301 e. The average molecular weight is 527 g/mol. The van der Waals surface area contributed by atoms with Crippen molar-refractivity contribution < 1.29 is 19.4 Å². The highest BCUT2D eigenvalue weighted by molar-refractivity contribution is 7.22. The van der Waals surface area contributed by atoms with E-state index < -0.39 is 17.7 Å². The number of aromatic nitrogens is 1. The van der Waals surface area contributed by atoms with Gasteiger partial charge in [0.1, 0.15) is 11.5 Å². The molecule has 1 aliphatic heterocycles. The summed E-state index contributed by atoms with van der Waals surface area (Å²) in [6.07, 6.45) is 0.888. The summed E-state index contributed by atoms with van der Waals surface area (Å²) in [5.41, 5.74) is 4.97. The van der Waals surface area contributed by atoms with Crippen LogP contribution < -0.4 is 9.64 Å². The van der Waals surface area contributed by atoms with E-state index >= 15 is 0 Å². The van der Waals surface area contributed by atoms with Crippen LogP contribution in [-0.2, 0) is 16.0 Å². The number of anilines is 1. The zero-order valence-electron chi connectivity index (χ0n) is 22.1. The largest absolute Gasteiger partial charge is 0.507 e. The molecule has 2 heterocycles. The number of hydrogen-bond acceptors (Lipinski definition) is 6. The number of fused-ring (bicyclic) bond motifs is 1. The molecule has 1 aliphatic rings. The van der Waals surface area contributed by atoms with Gasteiger partial charge in [0.25, 0.3) is 5.78 Å². The molecule has 0 bridgehead atoms. The van der Waals surface area contributed by atoms with Crippen LogP contribution in [0.25, 0.3) is 16.0 Å². The summed E-state index contributed by atoms with van der Waals surface area (Å²) in [6, 6.07) is 18.1. The molecule has 0 aliphatic carbocycles. The molecule has 1 unspecified atom stereocenters. The first-order valence-electron chi connectivity index (χ1n) is 12.7. The molecule has 194 valence electrons. The second kappa shape index (κ2) is 10.1. The minimum absolute atomic E-state index is 0.00186. The Labute approximate surface area is 226 Å². The van der Waals surface area contributed by atoms with Crippen molar-refractivity contribution in [3.63, 3.8) is 0 Å². The standard InChI is InChI=1S/C31H30N2O4S/c1-6-20-10-12-23-25(16-20)38-31(32-23)33-27(21-9-7-8-18(4)14-21)26(29(35)30(33)36)28(34)22-11-13-24(19(5)15-22)37-17(2)3/h7-17,27,34H,6H2,1-5H3/b28-26+. The normalized spacial score (nSPS) is 17.1. The third kappa shape index (κ3) is 4.58. The Kier molecular flexibility index (Phi) is 6.80. The third-order valence-electron chi connectivity index (χ3n) is 6.67. The molecule has 1 aromatic heterocycles. The number of hydrogen-bond donors (Lipinski definition) is 1. The van der Waals surface area contributed by atoms with E-state index in [-0.39, 0.29) is 17.4 Å². The number of carbonyl (C=O) groups excluding carboxylic acids is 2. The predicted octanol–water partition coefficient (Wildman–Crippen LogP) is 6.89. The van der Waals surface area contributed by atoms with E-state index in [1.165, 1.54) is 21.8 Å². The minimum Gasteiger partial charge on any atom is -0.507 e. The van der Waals surface area contributed by atoms with Gasteiger partial charge in [0, 0.05) is 5.56 Å². The van der Waals surface area contributed by atoms with Crippen LogP contribution in [0.1, 0.15) is 54.6 Å². The lowest BCUT2D eigenvalue weighted by Gasteiger charge is -2.23. The van der Waals surface area contributed by atoms with E-state index in [1.807, 2.05) is 64.1 Å². The molecule has 0 spiro atoms. The number of Topliss-reactive ketones (excluding diaryl/α,β-unsaturated/α-hetero) is 1. The predicted molar refractivity (Wildman–Crippen MR) is 152 cm³/mol. The van der Waals surface area contributed by atoms with Crippen LogP contribution in [0.2, 0.25) is 0 Å². The van der Waals surface area contributed by atoms with Crippen LogP contribution >= 0.6 is 11.3 Å². The first kappa shape index (κ1) is 25.7. The Hall–Kier alpha value is -3.97. The zero-order valence-corrected chi connectivity index (χ0v) is 22.9. The molecule has 38 heavy (non-hydrogen) atoms. The van der Waals surface area contributed by atoms with E-state index in [0.29, 0.717) is 16.4 Å². The van der Waals surface area contributed by atoms with Gasteiger partial charge in [-0.05, 0) is 81.1 Å². The number of aryl methyl sites for hydroxylation is 3. The Morgan fingerprint density at radius 2 is 1.87 bits per heavy atom. The Morgan fingerprint density at radius 3 is 2.55 bits per heavy atom. The fourth-order valence-corrected chi connectivity index (χ4v) is 5.86. The van der Waals surface area contributed by atoms with E-state index in [9.17, 15) is 14.7 Å². The van der Waals surface area contributed by atoms with E-state index in [2.05, 4.69) is 13.0 Å². The van der Waals surface area contributed by atoms with Gasteiger partial charge in [0.15, 0.2) is 5.13 Å². The molecule has 3 aromatic carbocycles. The molecule has 1 fully saturated rings.